The SMILES string of the molecule is CC(C)(C)c1nc(C(=O)N2CCC[C@@H](N)C2)n[nH]1. The molecule has 18 heavy (non-hydrogen) atoms. The molecule has 1 amide bonds. The first-order valence-electron chi connectivity index (χ1n) is 6.35. The highest BCUT2D eigenvalue weighted by atomic mass is 16.2. The lowest BCUT2D eigenvalue weighted by molar-refractivity contribution is 0.0696. The summed E-state index contributed by atoms with van der Waals surface area (Å²) >= 11 is 0. The van der Waals surface area contributed by atoms with Gasteiger partial charge in [0.25, 0.3) is 5.91 Å². The zero-order valence-electron chi connectivity index (χ0n) is 11.2. The number of H-pyrrole nitrogens is 1. The number of nitrogens with zero attached hydrogens (tertiary/aromatic N) is 3. The van der Waals surface area contributed by atoms with E-state index in [4.69, 9.17) is 5.73 Å². The Labute approximate surface area is 107 Å². The van der Waals surface area contributed by atoms with Crippen molar-refractivity contribution in [3.8, 4) is 0 Å². The number of rotatable bonds is 1. The van der Waals surface area contributed by atoms with Crippen LogP contribution in [0.4, 0.5) is 0 Å². The number of hydrogen-bond acceptors (Lipinski definition) is 4. The summed E-state index contributed by atoms with van der Waals surface area (Å²) in [7, 11) is 0. The van der Waals surface area contributed by atoms with Crippen LogP contribution in [0.15, 0.2) is 0 Å². The molecule has 1 fully saturated rings. The van der Waals surface area contributed by atoms with Gasteiger partial charge in [0.15, 0.2) is 0 Å². The third kappa shape index (κ3) is 2.69. The van der Waals surface area contributed by atoms with Crippen molar-refractivity contribution in [3.05, 3.63) is 11.6 Å². The van der Waals surface area contributed by atoms with Crippen LogP contribution in [0.3, 0.4) is 0 Å². The Hall–Kier alpha value is -1.43. The Morgan fingerprint density at radius 2 is 2.22 bits per heavy atom. The highest BCUT2D eigenvalue weighted by molar-refractivity contribution is 5.90. The average molecular weight is 251 g/mol. The van der Waals surface area contributed by atoms with Crippen molar-refractivity contribution in [2.45, 2.75) is 45.1 Å². The number of carbonyl (C=O) groups excluding carboxylic acids is 1. The quantitative estimate of drug-likeness (QED) is 0.767. The molecule has 1 atom stereocenters. The van der Waals surface area contributed by atoms with Gasteiger partial charge in [0.1, 0.15) is 5.82 Å². The van der Waals surface area contributed by atoms with Gasteiger partial charge in [0.05, 0.1) is 0 Å². The molecule has 3 N–H and O–H groups in total. The van der Waals surface area contributed by atoms with Crippen LogP contribution in [0.5, 0.6) is 0 Å². The minimum absolute atomic E-state index is 0.0729. The van der Waals surface area contributed by atoms with Crippen molar-refractivity contribution in [3.63, 3.8) is 0 Å². The second-order valence-corrected chi connectivity index (χ2v) is 5.91. The number of aromatic amines is 1. The summed E-state index contributed by atoms with van der Waals surface area (Å²) in [5.41, 5.74) is 5.74. The molecule has 1 aliphatic rings. The molecule has 0 spiro atoms. The second-order valence-electron chi connectivity index (χ2n) is 5.91. The van der Waals surface area contributed by atoms with Crippen LogP contribution in [0.1, 0.15) is 50.1 Å². The molecule has 1 aromatic rings. The monoisotopic (exact) mass is 251 g/mol. The van der Waals surface area contributed by atoms with E-state index in [1.54, 1.807) is 4.90 Å². The number of nitrogens with one attached hydrogen (secondary N) is 1. The van der Waals surface area contributed by atoms with E-state index in [1.165, 1.54) is 0 Å². The third-order valence-electron chi connectivity index (χ3n) is 3.13. The number of hydrogen-bond donors (Lipinski definition) is 2. The summed E-state index contributed by atoms with van der Waals surface area (Å²) in [6, 6.07) is 0.0729. The van der Waals surface area contributed by atoms with Gasteiger partial charge in [-0.3, -0.25) is 9.89 Å². The molecule has 0 bridgehead atoms. The summed E-state index contributed by atoms with van der Waals surface area (Å²) < 4.78 is 0. The maximum atomic E-state index is 12.2. The maximum Gasteiger partial charge on any atom is 0.293 e. The molecule has 1 saturated heterocycles. The van der Waals surface area contributed by atoms with E-state index in [2.05, 4.69) is 15.2 Å². The van der Waals surface area contributed by atoms with Crippen molar-refractivity contribution in [2.75, 3.05) is 13.1 Å². The molecular formula is C12H21N5O. The van der Waals surface area contributed by atoms with Gasteiger partial charge in [-0.15, -0.1) is 5.10 Å². The summed E-state index contributed by atoms with van der Waals surface area (Å²) in [5.74, 6) is 0.845. The van der Waals surface area contributed by atoms with E-state index in [9.17, 15) is 4.79 Å². The first kappa shape index (κ1) is 13.0. The van der Waals surface area contributed by atoms with Crippen LogP contribution >= 0.6 is 0 Å². The first-order valence-corrected chi connectivity index (χ1v) is 6.35. The summed E-state index contributed by atoms with van der Waals surface area (Å²) in [6.07, 6.45) is 1.93. The van der Waals surface area contributed by atoms with E-state index < -0.39 is 0 Å². The minimum atomic E-state index is -0.135. The summed E-state index contributed by atoms with van der Waals surface area (Å²) in [6.45, 7) is 7.42. The zero-order valence-corrected chi connectivity index (χ0v) is 11.2. The highest BCUT2D eigenvalue weighted by Crippen LogP contribution is 2.18. The molecule has 6 nitrogen and oxygen atoms in total. The van der Waals surface area contributed by atoms with Gasteiger partial charge in [-0.25, -0.2) is 4.98 Å². The molecule has 1 aromatic heterocycles. The molecular weight excluding hydrogens is 230 g/mol. The number of likely N-dealkylation sites (tertiary alicyclic amines) is 1. The van der Waals surface area contributed by atoms with Gasteiger partial charge in [0.2, 0.25) is 5.82 Å². The Kier molecular flexibility index (Phi) is 3.38. The summed E-state index contributed by atoms with van der Waals surface area (Å²) in [5, 5.41) is 6.85. The van der Waals surface area contributed by atoms with Crippen molar-refractivity contribution in [1.82, 2.24) is 20.1 Å². The molecule has 0 saturated carbocycles. The average Bonchev–Trinajstić information content (AvgIpc) is 2.77. The predicted octanol–water partition coefficient (Wildman–Crippen LogP) is 0.665. The van der Waals surface area contributed by atoms with E-state index in [1.807, 2.05) is 20.8 Å². The van der Waals surface area contributed by atoms with E-state index in [-0.39, 0.29) is 23.2 Å². The zero-order chi connectivity index (χ0) is 13.3. The van der Waals surface area contributed by atoms with Gasteiger partial charge in [-0.1, -0.05) is 20.8 Å². The Morgan fingerprint density at radius 1 is 1.50 bits per heavy atom. The van der Waals surface area contributed by atoms with Crippen LogP contribution in [0.25, 0.3) is 0 Å². The van der Waals surface area contributed by atoms with Crippen LogP contribution in [0.2, 0.25) is 0 Å². The lowest BCUT2D eigenvalue weighted by atomic mass is 9.96. The smallest absolute Gasteiger partial charge is 0.293 e. The third-order valence-corrected chi connectivity index (χ3v) is 3.13. The molecule has 6 heteroatoms. The minimum Gasteiger partial charge on any atom is -0.334 e. The molecule has 2 rings (SSSR count). The number of piperidine rings is 1. The predicted molar refractivity (Wildman–Crippen MR) is 68.2 cm³/mol. The van der Waals surface area contributed by atoms with Crippen LogP contribution < -0.4 is 5.73 Å². The standard InChI is InChI=1S/C12H21N5O/c1-12(2,3)11-14-9(15-16-11)10(18)17-6-4-5-8(13)7-17/h8H,4-7,13H2,1-3H3,(H,14,15,16)/t8-/m1/s1. The second kappa shape index (κ2) is 4.68. The normalized spacial score (nSPS) is 21.1. The molecule has 0 aromatic carbocycles. The lowest BCUT2D eigenvalue weighted by Gasteiger charge is -2.29. The molecule has 1 aliphatic heterocycles. The number of aromatic nitrogens is 3. The van der Waals surface area contributed by atoms with E-state index >= 15 is 0 Å². The Bertz CT molecular complexity index is 434. The van der Waals surface area contributed by atoms with Crippen LogP contribution in [-0.2, 0) is 5.41 Å². The molecule has 0 aliphatic carbocycles. The van der Waals surface area contributed by atoms with Crippen molar-refractivity contribution < 1.29 is 4.79 Å². The molecule has 0 radical (unpaired) electrons. The fraction of sp³-hybridized carbons (Fsp3) is 0.750. The van der Waals surface area contributed by atoms with E-state index in [0.29, 0.717) is 6.54 Å². The van der Waals surface area contributed by atoms with Gasteiger partial charge >= 0.3 is 0 Å². The number of amides is 1. The fourth-order valence-corrected chi connectivity index (χ4v) is 2.03. The van der Waals surface area contributed by atoms with Gasteiger partial charge < -0.3 is 10.6 Å². The van der Waals surface area contributed by atoms with Crippen LogP contribution in [0, 0.1) is 0 Å². The largest absolute Gasteiger partial charge is 0.334 e. The topological polar surface area (TPSA) is 87.9 Å². The molecule has 2 heterocycles. The highest BCUT2D eigenvalue weighted by Gasteiger charge is 2.27. The molecule has 100 valence electrons. The van der Waals surface area contributed by atoms with Gasteiger partial charge in [-0.05, 0) is 12.8 Å². The van der Waals surface area contributed by atoms with Crippen molar-refractivity contribution in [1.29, 1.82) is 0 Å². The Morgan fingerprint density at radius 3 is 2.78 bits per heavy atom. The maximum absolute atomic E-state index is 12.2. The van der Waals surface area contributed by atoms with Gasteiger partial charge in [-0.2, -0.15) is 0 Å². The van der Waals surface area contributed by atoms with Crippen molar-refractivity contribution in [2.24, 2.45) is 5.73 Å². The fourth-order valence-electron chi connectivity index (χ4n) is 2.03. The Balaban J connectivity index is 2.11. The van der Waals surface area contributed by atoms with E-state index in [0.717, 1.165) is 25.2 Å². The van der Waals surface area contributed by atoms with Crippen molar-refractivity contribution >= 4 is 5.91 Å². The number of nitrogens with two attached hydrogens (primary N) is 1. The first-order chi connectivity index (χ1) is 8.38. The van der Waals surface area contributed by atoms with Gasteiger partial charge in [0, 0.05) is 24.5 Å². The lowest BCUT2D eigenvalue weighted by Crippen LogP contribution is -2.46. The molecule has 0 unspecified atom stereocenters. The number of carbonyl (C=O) groups is 1. The van der Waals surface area contributed by atoms with Crippen LogP contribution in [-0.4, -0.2) is 45.1 Å². The summed E-state index contributed by atoms with van der Waals surface area (Å²) in [4.78, 5) is 18.2.